The van der Waals surface area contributed by atoms with Gasteiger partial charge in [-0.3, -0.25) is 19.4 Å². The molecule has 2 unspecified atom stereocenters. The monoisotopic (exact) mass is 614 g/mol. The van der Waals surface area contributed by atoms with Gasteiger partial charge in [-0.05, 0) is 68.6 Å². The van der Waals surface area contributed by atoms with Crippen molar-refractivity contribution in [2.24, 2.45) is 22.4 Å². The van der Waals surface area contributed by atoms with Gasteiger partial charge in [-0.1, -0.05) is 44.7 Å². The number of aliphatic hydroxyl groups excluding tert-OH is 1. The summed E-state index contributed by atoms with van der Waals surface area (Å²) in [7, 11) is 0. The van der Waals surface area contributed by atoms with Gasteiger partial charge in [-0.15, -0.1) is 0 Å². The number of nitrogens with zero attached hydrogens (tertiary/aromatic N) is 2. The molecule has 3 amide bonds. The molecule has 1 aliphatic heterocycles. The van der Waals surface area contributed by atoms with E-state index < -0.39 is 36.0 Å². The summed E-state index contributed by atoms with van der Waals surface area (Å²) in [6.45, 7) is 2.44. The summed E-state index contributed by atoms with van der Waals surface area (Å²) < 4.78 is 0. The molecule has 3 rings (SSSR count). The molecule has 1 heterocycles. The molecule has 1 aromatic carbocycles. The highest BCUT2D eigenvalue weighted by molar-refractivity contribution is 5.94. The van der Waals surface area contributed by atoms with E-state index in [0.717, 1.165) is 31.2 Å². The molecule has 2 aliphatic rings. The van der Waals surface area contributed by atoms with E-state index >= 15 is 0 Å². The Hall–Kier alpha value is -3.67. The molecule has 6 atom stereocenters. The van der Waals surface area contributed by atoms with Crippen LogP contribution in [0.15, 0.2) is 29.3 Å². The average Bonchev–Trinajstić information content (AvgIpc) is 3.37. The van der Waals surface area contributed by atoms with Crippen molar-refractivity contribution in [3.63, 3.8) is 0 Å². The maximum absolute atomic E-state index is 14.4. The van der Waals surface area contributed by atoms with E-state index in [1.165, 1.54) is 12.1 Å². The topological polar surface area (TPSA) is 200 Å². The SMILES string of the molecule is CCCCCCCC(=O)N[C@@H](Cc1ccc(O)cc1)C(=O)N1[C@H](C(=O)NC(C=O)CCCN=C(N)N)C[C@@H]2CCC(O)C[C@@H]21. The summed E-state index contributed by atoms with van der Waals surface area (Å²) in [5.41, 5.74) is 11.5. The molecule has 0 radical (unpaired) electrons. The number of phenols is 1. The standard InChI is InChI=1S/C32H50N6O6/c1-2-3-4-5-6-9-29(42)37-26(17-21-10-13-24(40)14-11-21)31(44)38-27-19-25(41)15-12-22(27)18-28(38)30(43)36-23(20-39)8-7-16-35-32(33)34/h10-11,13-14,20,22-23,25-28,40-41H,2-9,12,15-19H2,1H3,(H,36,43)(H,37,42)(H4,33,34,35)/t22-,23?,25?,26-,27-,28-/m0/s1. The molecule has 0 bridgehead atoms. The lowest BCUT2D eigenvalue weighted by Crippen LogP contribution is -2.58. The largest absolute Gasteiger partial charge is 0.508 e. The number of aliphatic imine (C=N–C) groups is 1. The summed E-state index contributed by atoms with van der Waals surface area (Å²) >= 11 is 0. The molecule has 8 N–H and O–H groups in total. The Morgan fingerprint density at radius 2 is 1.77 bits per heavy atom. The van der Waals surface area contributed by atoms with Crippen LogP contribution in [0.1, 0.15) is 89.5 Å². The van der Waals surface area contributed by atoms with Gasteiger partial charge >= 0.3 is 0 Å². The van der Waals surface area contributed by atoms with Crippen LogP contribution in [0, 0.1) is 5.92 Å². The van der Waals surface area contributed by atoms with Gasteiger partial charge in [-0.2, -0.15) is 0 Å². The number of aromatic hydroxyl groups is 1. The third-order valence-electron chi connectivity index (χ3n) is 8.68. The van der Waals surface area contributed by atoms with Crippen LogP contribution in [0.25, 0.3) is 0 Å². The van der Waals surface area contributed by atoms with Crippen molar-refractivity contribution in [1.29, 1.82) is 0 Å². The molecular formula is C32H50N6O6. The second-order valence-corrected chi connectivity index (χ2v) is 12.1. The van der Waals surface area contributed by atoms with Crippen LogP contribution in [0.3, 0.4) is 0 Å². The van der Waals surface area contributed by atoms with E-state index in [-0.39, 0.29) is 36.0 Å². The number of fused-ring (bicyclic) bond motifs is 1. The molecule has 2 fully saturated rings. The van der Waals surface area contributed by atoms with Crippen LogP contribution in [0.4, 0.5) is 0 Å². The molecule has 1 aliphatic carbocycles. The fourth-order valence-electron chi connectivity index (χ4n) is 6.36. The number of hydrogen-bond donors (Lipinski definition) is 6. The van der Waals surface area contributed by atoms with Crippen LogP contribution in [0.5, 0.6) is 5.75 Å². The fourth-order valence-corrected chi connectivity index (χ4v) is 6.36. The van der Waals surface area contributed by atoms with Gasteiger partial charge in [0.15, 0.2) is 5.96 Å². The number of nitrogens with one attached hydrogen (secondary N) is 2. The summed E-state index contributed by atoms with van der Waals surface area (Å²) in [5.74, 6) is -1.02. The first-order chi connectivity index (χ1) is 21.1. The Morgan fingerprint density at radius 1 is 1.05 bits per heavy atom. The van der Waals surface area contributed by atoms with Gasteiger partial charge in [0.25, 0.3) is 0 Å². The molecule has 44 heavy (non-hydrogen) atoms. The van der Waals surface area contributed by atoms with Crippen LogP contribution < -0.4 is 22.1 Å². The second kappa shape index (κ2) is 17.6. The highest BCUT2D eigenvalue weighted by atomic mass is 16.3. The predicted octanol–water partition coefficient (Wildman–Crippen LogP) is 1.65. The third kappa shape index (κ3) is 10.5. The Labute approximate surface area is 260 Å². The number of amides is 3. The first-order valence-corrected chi connectivity index (χ1v) is 16.0. The van der Waals surface area contributed by atoms with Crippen LogP contribution in [0.2, 0.25) is 0 Å². The molecule has 1 saturated carbocycles. The highest BCUT2D eigenvalue weighted by Crippen LogP contribution is 2.40. The van der Waals surface area contributed by atoms with Gasteiger partial charge in [0.2, 0.25) is 17.7 Å². The molecule has 244 valence electrons. The van der Waals surface area contributed by atoms with Crippen molar-refractivity contribution in [1.82, 2.24) is 15.5 Å². The quantitative estimate of drug-likeness (QED) is 0.0658. The molecule has 0 spiro atoms. The summed E-state index contributed by atoms with van der Waals surface area (Å²) in [4.78, 5) is 58.3. The minimum absolute atomic E-state index is 0.0123. The number of carbonyl (C=O) groups excluding carboxylic acids is 4. The zero-order chi connectivity index (χ0) is 32.1. The Bertz CT molecular complexity index is 1120. The molecule has 1 aromatic rings. The van der Waals surface area contributed by atoms with Crippen molar-refractivity contribution in [3.8, 4) is 5.75 Å². The average molecular weight is 615 g/mol. The molecular weight excluding hydrogens is 564 g/mol. The van der Waals surface area contributed by atoms with E-state index in [9.17, 15) is 29.4 Å². The van der Waals surface area contributed by atoms with Crippen molar-refractivity contribution < 1.29 is 29.4 Å². The first-order valence-electron chi connectivity index (χ1n) is 16.0. The smallest absolute Gasteiger partial charge is 0.246 e. The van der Waals surface area contributed by atoms with Crippen molar-refractivity contribution in [2.75, 3.05) is 6.54 Å². The minimum Gasteiger partial charge on any atom is -0.508 e. The van der Waals surface area contributed by atoms with Gasteiger partial charge < -0.3 is 42.0 Å². The van der Waals surface area contributed by atoms with Crippen LogP contribution >= 0.6 is 0 Å². The molecule has 0 aromatic heterocycles. The zero-order valence-electron chi connectivity index (χ0n) is 25.8. The third-order valence-corrected chi connectivity index (χ3v) is 8.68. The molecule has 1 saturated heterocycles. The Balaban J connectivity index is 1.81. The first kappa shape index (κ1) is 34.8. The zero-order valence-corrected chi connectivity index (χ0v) is 25.8. The Morgan fingerprint density at radius 3 is 2.45 bits per heavy atom. The number of nitrogens with two attached hydrogens (primary N) is 2. The predicted molar refractivity (Wildman–Crippen MR) is 167 cm³/mol. The van der Waals surface area contributed by atoms with Crippen molar-refractivity contribution in [3.05, 3.63) is 29.8 Å². The van der Waals surface area contributed by atoms with Crippen molar-refractivity contribution >= 4 is 30.0 Å². The lowest BCUT2D eigenvalue weighted by Gasteiger charge is -2.37. The number of phenolic OH excluding ortho intramolecular Hbond substituents is 1. The highest BCUT2D eigenvalue weighted by Gasteiger charge is 2.50. The summed E-state index contributed by atoms with van der Waals surface area (Å²) in [5, 5.41) is 26.0. The number of carbonyl (C=O) groups is 4. The minimum atomic E-state index is -0.947. The Kier molecular flexibility index (Phi) is 13.9. The normalized spacial score (nSPS) is 22.4. The van der Waals surface area contributed by atoms with Gasteiger partial charge in [0.1, 0.15) is 24.1 Å². The summed E-state index contributed by atoms with van der Waals surface area (Å²) in [6.07, 6.45) is 8.25. The maximum Gasteiger partial charge on any atom is 0.246 e. The fraction of sp³-hybridized carbons (Fsp3) is 0.656. The number of aldehydes is 1. The lowest BCUT2D eigenvalue weighted by atomic mass is 9.83. The van der Waals surface area contributed by atoms with E-state index in [1.807, 2.05) is 0 Å². The summed E-state index contributed by atoms with van der Waals surface area (Å²) in [6, 6.07) is 3.51. The van der Waals surface area contributed by atoms with Crippen LogP contribution in [-0.4, -0.2) is 81.9 Å². The van der Waals surface area contributed by atoms with Gasteiger partial charge in [0.05, 0.1) is 12.1 Å². The molecule has 12 heteroatoms. The molecule has 12 nitrogen and oxygen atoms in total. The second-order valence-electron chi connectivity index (χ2n) is 12.1. The number of hydrogen-bond acceptors (Lipinski definition) is 7. The van der Waals surface area contributed by atoms with E-state index in [4.69, 9.17) is 11.5 Å². The number of unbranched alkanes of at least 4 members (excludes halogenated alkanes) is 4. The van der Waals surface area contributed by atoms with Gasteiger partial charge in [0, 0.05) is 25.4 Å². The number of guanidine groups is 1. The number of aliphatic hydroxyl groups is 1. The number of rotatable bonds is 17. The maximum atomic E-state index is 14.4. The van der Waals surface area contributed by atoms with E-state index in [0.29, 0.717) is 64.2 Å². The van der Waals surface area contributed by atoms with Crippen molar-refractivity contribution in [2.45, 2.75) is 121 Å². The van der Waals surface area contributed by atoms with E-state index in [2.05, 4.69) is 22.5 Å². The van der Waals surface area contributed by atoms with E-state index in [1.54, 1.807) is 17.0 Å². The lowest BCUT2D eigenvalue weighted by molar-refractivity contribution is -0.144. The van der Waals surface area contributed by atoms with Gasteiger partial charge in [-0.25, -0.2) is 0 Å². The number of benzene rings is 1. The number of likely N-dealkylation sites (tertiary alicyclic amines) is 1. The van der Waals surface area contributed by atoms with Crippen LogP contribution in [-0.2, 0) is 25.6 Å².